The van der Waals surface area contributed by atoms with Gasteiger partial charge in [-0.3, -0.25) is 4.79 Å². The molecule has 1 heterocycles. The van der Waals surface area contributed by atoms with Crippen molar-refractivity contribution in [1.29, 1.82) is 0 Å². The topological polar surface area (TPSA) is 83.5 Å². The molecule has 1 unspecified atom stereocenters. The van der Waals surface area contributed by atoms with E-state index in [4.69, 9.17) is 21.9 Å². The first-order valence-electron chi connectivity index (χ1n) is 10.3. The highest BCUT2D eigenvalue weighted by molar-refractivity contribution is 6.08. The van der Waals surface area contributed by atoms with Gasteiger partial charge in [0.05, 0.1) is 19.6 Å². The van der Waals surface area contributed by atoms with Crippen LogP contribution in [0.4, 0.5) is 5.69 Å². The summed E-state index contributed by atoms with van der Waals surface area (Å²) in [6.45, 7) is 2.03. The van der Waals surface area contributed by atoms with Gasteiger partial charge < -0.3 is 20.3 Å². The maximum absolute atomic E-state index is 13.2. The normalized spacial score (nSPS) is 23.0. The quantitative estimate of drug-likeness (QED) is 0.462. The molecule has 1 aromatic rings. The predicted octanol–water partition coefficient (Wildman–Crippen LogP) is 3.03. The molecule has 1 aliphatic carbocycles. The number of ether oxygens (including phenoxy) is 1. The van der Waals surface area contributed by atoms with Gasteiger partial charge >= 0.3 is 0 Å². The fourth-order valence-electron chi connectivity index (χ4n) is 4.22. The van der Waals surface area contributed by atoms with Gasteiger partial charge in [-0.25, -0.2) is 9.98 Å². The van der Waals surface area contributed by atoms with Crippen molar-refractivity contribution in [3.63, 3.8) is 0 Å². The molecule has 2 N–H and O–H groups in total. The molecule has 158 valence electrons. The van der Waals surface area contributed by atoms with Crippen molar-refractivity contribution in [3.05, 3.63) is 35.7 Å². The Morgan fingerprint density at radius 1 is 1.37 bits per heavy atom. The number of hydrogen-bond acceptors (Lipinski definition) is 4. The summed E-state index contributed by atoms with van der Waals surface area (Å²) in [6, 6.07) is 5.45. The summed E-state index contributed by atoms with van der Waals surface area (Å²) >= 11 is 0. The average molecular weight is 408 g/mol. The molecule has 0 aromatic heterocycles. The van der Waals surface area contributed by atoms with Crippen molar-refractivity contribution in [2.45, 2.75) is 51.1 Å². The van der Waals surface area contributed by atoms with Crippen LogP contribution < -0.4 is 10.5 Å². The fraction of sp³-hybridized carbons (Fsp3) is 0.435. The van der Waals surface area contributed by atoms with Crippen LogP contribution in [0.1, 0.15) is 44.6 Å². The smallest absolute Gasteiger partial charge is 0.249 e. The first kappa shape index (κ1) is 21.4. The number of piperazine rings is 1. The molecule has 0 bridgehead atoms. The Balaban J connectivity index is 2.21. The third-order valence-corrected chi connectivity index (χ3v) is 5.75. The number of rotatable bonds is 5. The third kappa shape index (κ3) is 4.04. The highest BCUT2D eigenvalue weighted by Crippen LogP contribution is 2.35. The number of carbonyl (C=O) groups is 1. The van der Waals surface area contributed by atoms with Gasteiger partial charge in [-0.15, -0.1) is 6.42 Å². The van der Waals surface area contributed by atoms with Crippen LogP contribution >= 0.6 is 0 Å². The molecule has 1 aliphatic heterocycles. The van der Waals surface area contributed by atoms with E-state index in [0.29, 0.717) is 35.0 Å². The molecular formula is C23H29N5O2. The number of likely N-dealkylation sites (N-methyl/N-ethyl adjacent to an activating group) is 1. The summed E-state index contributed by atoms with van der Waals surface area (Å²) in [5.41, 5.74) is 7.46. The van der Waals surface area contributed by atoms with Crippen molar-refractivity contribution < 1.29 is 9.53 Å². The lowest BCUT2D eigenvalue weighted by atomic mass is 10.0. The molecule has 1 aromatic carbocycles. The maximum atomic E-state index is 13.2. The molecule has 0 spiro atoms. The van der Waals surface area contributed by atoms with Gasteiger partial charge in [0.25, 0.3) is 0 Å². The first-order chi connectivity index (χ1) is 14.5. The molecule has 7 nitrogen and oxygen atoms in total. The summed E-state index contributed by atoms with van der Waals surface area (Å²) in [4.78, 5) is 26.0. The van der Waals surface area contributed by atoms with Crippen molar-refractivity contribution in [3.8, 4) is 18.1 Å². The Hall–Kier alpha value is -3.27. The minimum Gasteiger partial charge on any atom is -0.494 e. The number of hydrogen-bond donors (Lipinski definition) is 1. The number of terminal acetylenes is 1. The second-order valence-electron chi connectivity index (χ2n) is 7.45. The number of aliphatic imine (C=N–C) groups is 2. The van der Waals surface area contributed by atoms with Gasteiger partial charge in [0.1, 0.15) is 23.2 Å². The summed E-state index contributed by atoms with van der Waals surface area (Å²) in [6.07, 6.45) is 13.4. The van der Waals surface area contributed by atoms with E-state index in [2.05, 4.69) is 15.8 Å². The molecular weight excluding hydrogens is 378 g/mol. The van der Waals surface area contributed by atoms with E-state index < -0.39 is 0 Å². The van der Waals surface area contributed by atoms with Crippen molar-refractivity contribution in [2.75, 3.05) is 14.2 Å². The van der Waals surface area contributed by atoms with E-state index in [0.717, 1.165) is 25.7 Å². The van der Waals surface area contributed by atoms with E-state index in [1.165, 1.54) is 6.34 Å². The Kier molecular flexibility index (Phi) is 6.78. The van der Waals surface area contributed by atoms with Crippen LogP contribution in [0.3, 0.4) is 0 Å². The lowest BCUT2D eigenvalue weighted by Crippen LogP contribution is -2.60. The molecule has 7 heteroatoms. The largest absolute Gasteiger partial charge is 0.494 e. The predicted molar refractivity (Wildman–Crippen MR) is 120 cm³/mol. The van der Waals surface area contributed by atoms with Crippen LogP contribution in [-0.2, 0) is 4.79 Å². The van der Waals surface area contributed by atoms with Crippen LogP contribution in [0, 0.1) is 12.3 Å². The highest BCUT2D eigenvalue weighted by atomic mass is 16.5. The summed E-state index contributed by atoms with van der Waals surface area (Å²) < 4.78 is 5.54. The summed E-state index contributed by atoms with van der Waals surface area (Å²) in [7, 11) is 3.35. The van der Waals surface area contributed by atoms with E-state index in [1.54, 1.807) is 31.3 Å². The Morgan fingerprint density at radius 3 is 2.70 bits per heavy atom. The van der Waals surface area contributed by atoms with Crippen LogP contribution in [0.25, 0.3) is 0 Å². The van der Waals surface area contributed by atoms with E-state index >= 15 is 0 Å². The molecule has 1 atom stereocenters. The highest BCUT2D eigenvalue weighted by Gasteiger charge is 2.43. The van der Waals surface area contributed by atoms with Crippen molar-refractivity contribution in [1.82, 2.24) is 9.80 Å². The van der Waals surface area contributed by atoms with Gasteiger partial charge in [0.15, 0.2) is 5.84 Å². The molecule has 2 fully saturated rings. The molecule has 1 amide bonds. The zero-order valence-corrected chi connectivity index (χ0v) is 17.8. The minimum absolute atomic E-state index is 0.0384. The molecule has 1 saturated carbocycles. The second kappa shape index (κ2) is 9.49. The van der Waals surface area contributed by atoms with Gasteiger partial charge in [0.2, 0.25) is 5.91 Å². The van der Waals surface area contributed by atoms with Crippen LogP contribution in [0.5, 0.6) is 5.75 Å². The number of amidine groups is 1. The number of nitrogens with zero attached hydrogens (tertiary/aromatic N) is 4. The zero-order chi connectivity index (χ0) is 21.7. The number of benzene rings is 1. The molecule has 30 heavy (non-hydrogen) atoms. The lowest BCUT2D eigenvalue weighted by molar-refractivity contribution is -0.134. The number of nitrogens with two attached hydrogens (primary N) is 1. The zero-order valence-electron chi connectivity index (χ0n) is 17.8. The fourth-order valence-corrected chi connectivity index (χ4v) is 4.22. The third-order valence-electron chi connectivity index (χ3n) is 5.75. The van der Waals surface area contributed by atoms with Crippen LogP contribution in [0.2, 0.25) is 0 Å². The van der Waals surface area contributed by atoms with E-state index in [9.17, 15) is 4.79 Å². The molecule has 3 rings (SSSR count). The second-order valence-corrected chi connectivity index (χ2v) is 7.45. The summed E-state index contributed by atoms with van der Waals surface area (Å²) in [5, 5.41) is 0. The van der Waals surface area contributed by atoms with Gasteiger partial charge in [-0.2, -0.15) is 0 Å². The molecule has 0 radical (unpaired) electrons. The Bertz CT molecular complexity index is 922. The Labute approximate surface area is 178 Å². The lowest BCUT2D eigenvalue weighted by Gasteiger charge is -2.45. The number of amides is 1. The van der Waals surface area contributed by atoms with Crippen molar-refractivity contribution in [2.24, 2.45) is 15.7 Å². The Morgan fingerprint density at radius 2 is 2.10 bits per heavy atom. The van der Waals surface area contributed by atoms with Crippen molar-refractivity contribution >= 4 is 23.8 Å². The minimum atomic E-state index is -0.271. The average Bonchev–Trinajstić information content (AvgIpc) is 3.30. The number of carbonyl (C=O) groups excluding carboxylic acids is 1. The van der Waals surface area contributed by atoms with Crippen LogP contribution in [-0.4, -0.2) is 54.1 Å². The van der Waals surface area contributed by atoms with E-state index in [-0.39, 0.29) is 18.0 Å². The van der Waals surface area contributed by atoms with E-state index in [1.807, 2.05) is 19.1 Å². The molecule has 2 aliphatic rings. The van der Waals surface area contributed by atoms with Crippen LogP contribution in [0.15, 0.2) is 40.1 Å². The summed E-state index contributed by atoms with van der Waals surface area (Å²) in [5.74, 6) is 3.94. The van der Waals surface area contributed by atoms with Gasteiger partial charge in [-0.05, 0) is 37.5 Å². The van der Waals surface area contributed by atoms with Gasteiger partial charge in [-0.1, -0.05) is 25.7 Å². The maximum Gasteiger partial charge on any atom is 0.249 e. The SMILES string of the molecule is C#Cc1ccc(N=C2/C(=C\N=CN)N(C)C(=O)C(CC)N2C2CCCC2)c(OC)c1. The number of methoxy groups -OCH3 is 1. The standard InChI is InChI=1S/C23H29N5O2/c1-5-16-11-12-18(21(13-16)30-4)26-22-20(14-25-15-24)27(3)23(29)19(6-2)28(22)17-9-7-8-10-17/h1,11-15,17,19H,6-10H2,2-4H3,(H2,24,25)/b20-14+,26-22?. The van der Waals surface area contributed by atoms with Gasteiger partial charge in [0, 0.05) is 18.7 Å². The first-order valence-corrected chi connectivity index (χ1v) is 10.3. The molecule has 1 saturated heterocycles. The monoisotopic (exact) mass is 407 g/mol.